The normalized spacial score (nSPS) is 12.1. The number of nitrogens with two attached hydrogens (primary N) is 1. The summed E-state index contributed by atoms with van der Waals surface area (Å²) in [5, 5.41) is 14.5. The van der Waals surface area contributed by atoms with Crippen molar-refractivity contribution in [1.82, 2.24) is 29.9 Å². The van der Waals surface area contributed by atoms with Crippen LogP contribution in [0.1, 0.15) is 53.0 Å². The van der Waals surface area contributed by atoms with E-state index in [1.807, 2.05) is 0 Å². The topological polar surface area (TPSA) is 133 Å². The van der Waals surface area contributed by atoms with Gasteiger partial charge in [-0.15, -0.1) is 0 Å². The number of aromatic nitrogens is 5. The fourth-order valence-electron chi connectivity index (χ4n) is 5.62. The number of alkyl halides is 9. The standard InChI is InChI=1S/C26H21F6N5O2.C14H10F3N3/c1-25(2,29)24(39)34-12-14-8-19(21(22(27)28)33-11-14)23(38)35-17-6-7-20-15(9-17)13-37(36-20)18-5-3-4-16(10-18)26(30,31)32;15-14(16,17)10-2-1-3-12(7-10)20-8-9-6-11(18)4-5-13(9)19-20/h3-11,13,22H,12H2,1-2H3,(H,34,39)(H,35,38);1-8H,18H2. The van der Waals surface area contributed by atoms with E-state index in [9.17, 15) is 49.1 Å². The van der Waals surface area contributed by atoms with Crippen LogP contribution in [-0.2, 0) is 23.7 Å². The molecule has 3 aromatic heterocycles. The molecule has 19 heteroatoms. The molecule has 59 heavy (non-hydrogen) atoms. The zero-order valence-electron chi connectivity index (χ0n) is 30.7. The molecule has 10 nitrogen and oxygen atoms in total. The Balaban J connectivity index is 0.000000244. The maximum absolute atomic E-state index is 13.7. The molecule has 3 heterocycles. The van der Waals surface area contributed by atoms with Crippen LogP contribution in [0.25, 0.3) is 33.2 Å². The molecule has 0 radical (unpaired) electrons. The highest BCUT2D eigenvalue weighted by Gasteiger charge is 2.32. The minimum absolute atomic E-state index is 0.166. The molecule has 4 aromatic carbocycles. The van der Waals surface area contributed by atoms with Gasteiger partial charge in [0.25, 0.3) is 18.2 Å². The lowest BCUT2D eigenvalue weighted by molar-refractivity contribution is -0.138. The lowest BCUT2D eigenvalue weighted by atomic mass is 10.1. The Kier molecular flexibility index (Phi) is 11.4. The quantitative estimate of drug-likeness (QED) is 0.103. The van der Waals surface area contributed by atoms with Gasteiger partial charge < -0.3 is 16.4 Å². The molecule has 0 unspecified atom stereocenters. The molecule has 0 spiro atoms. The van der Waals surface area contributed by atoms with E-state index in [0.29, 0.717) is 27.8 Å². The van der Waals surface area contributed by atoms with Gasteiger partial charge in [-0.05, 0) is 98.3 Å². The van der Waals surface area contributed by atoms with Crippen LogP contribution < -0.4 is 16.4 Å². The van der Waals surface area contributed by atoms with Crippen molar-refractivity contribution in [3.05, 3.63) is 138 Å². The van der Waals surface area contributed by atoms with Crippen LogP contribution in [0.15, 0.2) is 110 Å². The molecular weight excluding hydrogens is 795 g/mol. The Morgan fingerprint density at radius 3 is 1.80 bits per heavy atom. The Labute approximate surface area is 328 Å². The van der Waals surface area contributed by atoms with Gasteiger partial charge in [0.15, 0.2) is 5.67 Å². The van der Waals surface area contributed by atoms with Gasteiger partial charge in [0.05, 0.1) is 39.1 Å². The van der Waals surface area contributed by atoms with Crippen molar-refractivity contribution in [2.45, 2.75) is 44.8 Å². The largest absolute Gasteiger partial charge is 0.416 e. The summed E-state index contributed by atoms with van der Waals surface area (Å²) in [6, 6.07) is 20.3. The van der Waals surface area contributed by atoms with E-state index in [4.69, 9.17) is 5.73 Å². The second-order valence-electron chi connectivity index (χ2n) is 13.5. The zero-order chi connectivity index (χ0) is 42.9. The molecule has 0 bridgehead atoms. The van der Waals surface area contributed by atoms with Gasteiger partial charge in [0.2, 0.25) is 0 Å². The van der Waals surface area contributed by atoms with Crippen molar-refractivity contribution >= 4 is 45.0 Å². The first kappa shape index (κ1) is 41.7. The third-order valence-electron chi connectivity index (χ3n) is 8.59. The second-order valence-corrected chi connectivity index (χ2v) is 13.5. The smallest absolute Gasteiger partial charge is 0.399 e. The summed E-state index contributed by atoms with van der Waals surface area (Å²) >= 11 is 0. The van der Waals surface area contributed by atoms with E-state index in [1.54, 1.807) is 30.5 Å². The number of rotatable bonds is 8. The third kappa shape index (κ3) is 9.97. The maximum atomic E-state index is 13.7. The number of carbonyl (C=O) groups excluding carboxylic acids is 2. The van der Waals surface area contributed by atoms with E-state index >= 15 is 0 Å². The lowest BCUT2D eigenvalue weighted by Crippen LogP contribution is -2.38. The number of hydrogen-bond donors (Lipinski definition) is 3. The van der Waals surface area contributed by atoms with Gasteiger partial charge in [0.1, 0.15) is 5.69 Å². The van der Waals surface area contributed by atoms with E-state index in [0.717, 1.165) is 55.8 Å². The molecule has 4 N–H and O–H groups in total. The highest BCUT2D eigenvalue weighted by Crippen LogP contribution is 2.32. The molecule has 0 fully saturated rings. The van der Waals surface area contributed by atoms with Crippen LogP contribution >= 0.6 is 0 Å². The second kappa shape index (κ2) is 16.1. The molecule has 7 aromatic rings. The van der Waals surface area contributed by atoms with Gasteiger partial charge in [-0.2, -0.15) is 36.5 Å². The molecule has 306 valence electrons. The van der Waals surface area contributed by atoms with Crippen molar-refractivity contribution in [3.8, 4) is 11.4 Å². The predicted octanol–water partition coefficient (Wildman–Crippen LogP) is 9.62. The first-order valence-electron chi connectivity index (χ1n) is 17.3. The average molecular weight is 827 g/mol. The summed E-state index contributed by atoms with van der Waals surface area (Å²) in [4.78, 5) is 28.3. The highest BCUT2D eigenvalue weighted by molar-refractivity contribution is 6.06. The average Bonchev–Trinajstić information content (AvgIpc) is 3.80. The Morgan fingerprint density at radius 2 is 1.27 bits per heavy atom. The molecule has 0 saturated carbocycles. The summed E-state index contributed by atoms with van der Waals surface area (Å²) in [7, 11) is 0. The number of anilines is 2. The van der Waals surface area contributed by atoms with E-state index in [2.05, 4.69) is 25.8 Å². The number of halogens is 9. The van der Waals surface area contributed by atoms with Crippen molar-refractivity contribution in [2.24, 2.45) is 0 Å². The van der Waals surface area contributed by atoms with Crippen molar-refractivity contribution in [1.29, 1.82) is 0 Å². The Hall–Kier alpha value is -6.92. The maximum Gasteiger partial charge on any atom is 0.416 e. The van der Waals surface area contributed by atoms with Crippen molar-refractivity contribution in [2.75, 3.05) is 11.1 Å². The van der Waals surface area contributed by atoms with Crippen LogP contribution in [0.3, 0.4) is 0 Å². The molecule has 0 aliphatic heterocycles. The molecule has 7 rings (SSSR count). The van der Waals surface area contributed by atoms with Crippen LogP contribution in [0.2, 0.25) is 0 Å². The number of fused-ring (bicyclic) bond motifs is 2. The molecule has 0 aliphatic carbocycles. The van der Waals surface area contributed by atoms with E-state index in [1.165, 1.54) is 52.0 Å². The van der Waals surface area contributed by atoms with Gasteiger partial charge >= 0.3 is 12.4 Å². The number of carbonyl (C=O) groups is 2. The van der Waals surface area contributed by atoms with E-state index < -0.39 is 58.6 Å². The predicted molar refractivity (Wildman–Crippen MR) is 201 cm³/mol. The number of hydrogen-bond acceptors (Lipinski definition) is 6. The molecule has 0 saturated heterocycles. The molecule has 0 atom stereocenters. The van der Waals surface area contributed by atoms with Crippen LogP contribution in [0.5, 0.6) is 0 Å². The van der Waals surface area contributed by atoms with Crippen molar-refractivity contribution in [3.63, 3.8) is 0 Å². The van der Waals surface area contributed by atoms with E-state index in [-0.39, 0.29) is 23.5 Å². The summed E-state index contributed by atoms with van der Waals surface area (Å²) in [6.07, 6.45) is -7.81. The summed E-state index contributed by atoms with van der Waals surface area (Å²) in [6.45, 7) is 1.86. The van der Waals surface area contributed by atoms with Crippen molar-refractivity contribution < 1.29 is 49.1 Å². The van der Waals surface area contributed by atoms with Crippen LogP contribution in [-0.4, -0.2) is 42.0 Å². The minimum Gasteiger partial charge on any atom is -0.399 e. The SMILES string of the molecule is CC(C)(F)C(=O)NCc1cnc(C(F)F)c(C(=O)Nc2ccc3nn(-c4cccc(C(F)(F)F)c4)cc3c2)c1.Nc1ccc2nn(-c3cccc(C(F)(F)F)c3)cc2c1. The summed E-state index contributed by atoms with van der Waals surface area (Å²) < 4.78 is 121. The fraction of sp³-hybridized carbons (Fsp3) is 0.175. The van der Waals surface area contributed by atoms with Gasteiger partial charge in [0, 0.05) is 47.3 Å². The van der Waals surface area contributed by atoms with Gasteiger partial charge in [-0.1, -0.05) is 12.1 Å². The first-order chi connectivity index (χ1) is 27.7. The monoisotopic (exact) mass is 826 g/mol. The number of amides is 2. The number of nitrogens with zero attached hydrogens (tertiary/aromatic N) is 5. The molecule has 0 aliphatic rings. The van der Waals surface area contributed by atoms with Gasteiger partial charge in [-0.3, -0.25) is 14.6 Å². The number of benzene rings is 4. The first-order valence-corrected chi connectivity index (χ1v) is 17.3. The third-order valence-corrected chi connectivity index (χ3v) is 8.59. The zero-order valence-corrected chi connectivity index (χ0v) is 30.7. The molecular formula is C40H31F9N8O2. The minimum atomic E-state index is -4.53. The van der Waals surface area contributed by atoms with Crippen LogP contribution in [0, 0.1) is 0 Å². The number of nitrogen functional groups attached to an aromatic ring is 1. The van der Waals surface area contributed by atoms with Crippen LogP contribution in [0.4, 0.5) is 50.9 Å². The number of pyridine rings is 1. The fourth-order valence-corrected chi connectivity index (χ4v) is 5.62. The molecule has 2 amide bonds. The highest BCUT2D eigenvalue weighted by atomic mass is 19.4. The number of nitrogens with one attached hydrogen (secondary N) is 2. The summed E-state index contributed by atoms with van der Waals surface area (Å²) in [5.41, 5.74) is 3.32. The Morgan fingerprint density at radius 1 is 0.729 bits per heavy atom. The lowest BCUT2D eigenvalue weighted by Gasteiger charge is -2.15. The Bertz CT molecular complexity index is 2660. The van der Waals surface area contributed by atoms with Gasteiger partial charge in [-0.25, -0.2) is 22.5 Å². The summed E-state index contributed by atoms with van der Waals surface area (Å²) in [5.74, 6) is -1.84.